The van der Waals surface area contributed by atoms with Crippen LogP contribution >= 0.6 is 0 Å². The van der Waals surface area contributed by atoms with Gasteiger partial charge >= 0.3 is 6.03 Å². The Balaban J connectivity index is 1.27. The van der Waals surface area contributed by atoms with Crippen molar-refractivity contribution in [1.82, 2.24) is 10.6 Å². The molecular weight excluding hydrogens is 359 g/mol. The van der Waals surface area contributed by atoms with Crippen LogP contribution in [0.3, 0.4) is 0 Å². The topological polar surface area (TPSA) is 59.6 Å². The summed E-state index contributed by atoms with van der Waals surface area (Å²) in [5.74, 6) is -0.129. The lowest BCUT2D eigenvalue weighted by atomic mass is 9.99. The molecule has 2 saturated heterocycles. The Hall–Kier alpha value is -2.70. The molecule has 2 heterocycles. The normalized spacial score (nSPS) is 26.3. The number of rotatable bonds is 5. The zero-order chi connectivity index (χ0) is 19.3. The first-order valence-electron chi connectivity index (χ1n) is 9.44. The predicted molar refractivity (Wildman–Crippen MR) is 104 cm³/mol. The van der Waals surface area contributed by atoms with E-state index in [9.17, 15) is 9.18 Å². The van der Waals surface area contributed by atoms with E-state index < -0.39 is 0 Å². The van der Waals surface area contributed by atoms with Crippen LogP contribution in [0.2, 0.25) is 0 Å². The molecule has 2 aromatic rings. The van der Waals surface area contributed by atoms with Crippen LogP contribution in [0.1, 0.15) is 11.1 Å². The van der Waals surface area contributed by atoms with Gasteiger partial charge in [0.2, 0.25) is 0 Å². The molecule has 0 radical (unpaired) electrons. The molecule has 0 saturated carbocycles. The zero-order valence-corrected chi connectivity index (χ0v) is 15.4. The minimum absolute atomic E-state index is 0.0534. The van der Waals surface area contributed by atoms with Crippen molar-refractivity contribution in [3.63, 3.8) is 0 Å². The highest BCUT2D eigenvalue weighted by Gasteiger charge is 2.47. The number of amides is 2. The zero-order valence-electron chi connectivity index (χ0n) is 15.4. The van der Waals surface area contributed by atoms with Crippen LogP contribution in [-0.2, 0) is 16.0 Å². The van der Waals surface area contributed by atoms with E-state index in [4.69, 9.17) is 9.47 Å². The fraction of sp³-hybridized carbons (Fsp3) is 0.318. The Labute approximate surface area is 163 Å². The van der Waals surface area contributed by atoms with Gasteiger partial charge in [-0.3, -0.25) is 0 Å². The van der Waals surface area contributed by atoms with Crippen molar-refractivity contribution in [3.05, 3.63) is 77.6 Å². The Morgan fingerprint density at radius 2 is 1.79 bits per heavy atom. The summed E-state index contributed by atoms with van der Waals surface area (Å²) in [6, 6.07) is 15.7. The van der Waals surface area contributed by atoms with Gasteiger partial charge in [-0.15, -0.1) is 0 Å². The van der Waals surface area contributed by atoms with Crippen molar-refractivity contribution < 1.29 is 18.7 Å². The lowest BCUT2D eigenvalue weighted by Crippen LogP contribution is -2.48. The number of nitrogens with one attached hydrogen (secondary N) is 2. The number of fused-ring (bicyclic) bond motifs is 1. The van der Waals surface area contributed by atoms with Crippen LogP contribution in [0.4, 0.5) is 9.18 Å². The van der Waals surface area contributed by atoms with Crippen molar-refractivity contribution in [1.29, 1.82) is 0 Å². The summed E-state index contributed by atoms with van der Waals surface area (Å²) in [4.78, 5) is 12.2. The van der Waals surface area contributed by atoms with Gasteiger partial charge in [-0.2, -0.15) is 0 Å². The van der Waals surface area contributed by atoms with Gasteiger partial charge in [-0.1, -0.05) is 54.6 Å². The molecule has 2 aliphatic rings. The van der Waals surface area contributed by atoms with E-state index in [1.54, 1.807) is 12.1 Å². The molecule has 146 valence electrons. The molecule has 4 rings (SSSR count). The molecule has 0 aliphatic carbocycles. The molecule has 4 atom stereocenters. The van der Waals surface area contributed by atoms with Crippen LogP contribution in [0.5, 0.6) is 0 Å². The van der Waals surface area contributed by atoms with Gasteiger partial charge in [0.25, 0.3) is 0 Å². The van der Waals surface area contributed by atoms with Crippen LogP contribution in [0.15, 0.2) is 60.7 Å². The summed E-state index contributed by atoms with van der Waals surface area (Å²) < 4.78 is 24.7. The van der Waals surface area contributed by atoms with E-state index in [1.807, 2.05) is 18.2 Å². The average Bonchev–Trinajstić information content (AvgIpc) is 3.30. The Kier molecular flexibility index (Phi) is 5.69. The van der Waals surface area contributed by atoms with Gasteiger partial charge in [-0.05, 0) is 23.3 Å². The molecule has 2 aromatic carbocycles. The Bertz CT molecular complexity index is 825. The number of halogens is 1. The monoisotopic (exact) mass is 382 g/mol. The van der Waals surface area contributed by atoms with E-state index in [0.29, 0.717) is 19.8 Å². The van der Waals surface area contributed by atoms with E-state index in [1.165, 1.54) is 12.1 Å². The number of carbonyl (C=O) groups excluding carboxylic acids is 1. The van der Waals surface area contributed by atoms with Crippen molar-refractivity contribution in [3.8, 4) is 0 Å². The largest absolute Gasteiger partial charge is 0.373 e. The van der Waals surface area contributed by atoms with Crippen LogP contribution in [0, 0.1) is 11.7 Å². The Morgan fingerprint density at radius 3 is 2.57 bits per heavy atom. The number of hydrogen-bond acceptors (Lipinski definition) is 3. The lowest BCUT2D eigenvalue weighted by Gasteiger charge is -2.18. The second kappa shape index (κ2) is 8.54. The highest BCUT2D eigenvalue weighted by Crippen LogP contribution is 2.32. The standard InChI is InChI=1S/C22H23FN2O3/c23-18-10-7-16(8-11-18)12-24-22(26)25-19-14-28-20-17(13-27-21(19)20)9-6-15-4-2-1-3-5-15/h1-11,17,19-21H,12-14H2,(H2,24,25,26)/b9-6-/t17-,19+,20?,21-/m1/s1. The predicted octanol–water partition coefficient (Wildman–Crippen LogP) is 3.12. The smallest absolute Gasteiger partial charge is 0.315 e. The SMILES string of the molecule is O=C(NCc1ccc(F)cc1)N[C@H]1COC2[C@H](/C=C\c3ccccc3)CO[C@@H]21. The summed E-state index contributed by atoms with van der Waals surface area (Å²) >= 11 is 0. The molecule has 6 heteroatoms. The fourth-order valence-electron chi connectivity index (χ4n) is 3.62. The number of benzene rings is 2. The molecule has 0 aromatic heterocycles. The van der Waals surface area contributed by atoms with Gasteiger partial charge in [0.15, 0.2) is 0 Å². The molecule has 2 aliphatic heterocycles. The van der Waals surface area contributed by atoms with Crippen molar-refractivity contribution in [2.45, 2.75) is 24.8 Å². The van der Waals surface area contributed by atoms with Gasteiger partial charge in [0, 0.05) is 12.5 Å². The summed E-state index contributed by atoms with van der Waals surface area (Å²) in [5.41, 5.74) is 1.97. The number of urea groups is 1. The first-order chi connectivity index (χ1) is 13.7. The van der Waals surface area contributed by atoms with Crippen molar-refractivity contribution in [2.75, 3.05) is 13.2 Å². The maximum Gasteiger partial charge on any atom is 0.315 e. The molecule has 0 spiro atoms. The van der Waals surface area contributed by atoms with E-state index in [2.05, 4.69) is 34.9 Å². The molecule has 0 bridgehead atoms. The molecule has 5 nitrogen and oxygen atoms in total. The summed E-state index contributed by atoms with van der Waals surface area (Å²) in [6.45, 7) is 1.33. The lowest BCUT2D eigenvalue weighted by molar-refractivity contribution is 0.0661. The maximum absolute atomic E-state index is 12.9. The second-order valence-electron chi connectivity index (χ2n) is 7.09. The minimum Gasteiger partial charge on any atom is -0.373 e. The highest BCUT2D eigenvalue weighted by molar-refractivity contribution is 5.74. The maximum atomic E-state index is 12.9. The molecule has 2 fully saturated rings. The van der Waals surface area contributed by atoms with Crippen molar-refractivity contribution in [2.24, 2.45) is 5.92 Å². The van der Waals surface area contributed by atoms with Gasteiger partial charge < -0.3 is 20.1 Å². The second-order valence-corrected chi connectivity index (χ2v) is 7.09. The van der Waals surface area contributed by atoms with Crippen LogP contribution < -0.4 is 10.6 Å². The van der Waals surface area contributed by atoms with Gasteiger partial charge in [0.1, 0.15) is 11.9 Å². The summed E-state index contributed by atoms with van der Waals surface area (Å²) in [5, 5.41) is 5.71. The third kappa shape index (κ3) is 4.40. The quantitative estimate of drug-likeness (QED) is 0.835. The first kappa shape index (κ1) is 18.7. The van der Waals surface area contributed by atoms with Gasteiger partial charge in [0.05, 0.1) is 25.4 Å². The molecule has 2 N–H and O–H groups in total. The molecule has 28 heavy (non-hydrogen) atoms. The average molecular weight is 382 g/mol. The number of ether oxygens (including phenoxy) is 2. The first-order valence-corrected chi connectivity index (χ1v) is 9.44. The third-order valence-corrected chi connectivity index (χ3v) is 5.11. The number of hydrogen-bond donors (Lipinski definition) is 2. The fourth-order valence-corrected chi connectivity index (χ4v) is 3.62. The van der Waals surface area contributed by atoms with Crippen molar-refractivity contribution >= 4 is 12.1 Å². The third-order valence-electron chi connectivity index (χ3n) is 5.11. The van der Waals surface area contributed by atoms with E-state index >= 15 is 0 Å². The number of carbonyl (C=O) groups is 1. The minimum atomic E-state index is -0.295. The highest BCUT2D eigenvalue weighted by atomic mass is 19.1. The summed E-state index contributed by atoms with van der Waals surface area (Å²) in [6.07, 6.45) is 4.00. The van der Waals surface area contributed by atoms with Crippen LogP contribution in [-0.4, -0.2) is 37.5 Å². The van der Waals surface area contributed by atoms with Crippen LogP contribution in [0.25, 0.3) is 6.08 Å². The molecule has 2 amide bonds. The van der Waals surface area contributed by atoms with Gasteiger partial charge in [-0.25, -0.2) is 9.18 Å². The summed E-state index contributed by atoms with van der Waals surface area (Å²) in [7, 11) is 0. The van der Waals surface area contributed by atoms with E-state index in [0.717, 1.165) is 11.1 Å². The molecule has 1 unspecified atom stereocenters. The Morgan fingerprint density at radius 1 is 1.04 bits per heavy atom. The molecular formula is C22H23FN2O3. The van der Waals surface area contributed by atoms with E-state index in [-0.39, 0.29) is 36.0 Å².